The van der Waals surface area contributed by atoms with E-state index in [2.05, 4.69) is 41.3 Å². The highest BCUT2D eigenvalue weighted by atomic mass is 16.4. The number of aromatic nitrogens is 2. The third-order valence-electron chi connectivity index (χ3n) is 6.29. The molecule has 2 N–H and O–H groups in total. The first-order valence-electron chi connectivity index (χ1n) is 9.46. The third-order valence-corrected chi connectivity index (χ3v) is 6.29. The Morgan fingerprint density at radius 3 is 2.64 bits per heavy atom. The number of nitrogens with one attached hydrogen (secondary N) is 2. The van der Waals surface area contributed by atoms with Gasteiger partial charge in [-0.25, -0.2) is 0 Å². The van der Waals surface area contributed by atoms with Crippen molar-refractivity contribution in [3.05, 3.63) is 42.3 Å². The second kappa shape index (κ2) is 6.58. The van der Waals surface area contributed by atoms with Crippen LogP contribution in [0.5, 0.6) is 0 Å². The number of aryl methyl sites for hydroxylation is 1. The first-order chi connectivity index (χ1) is 13.3. The van der Waals surface area contributed by atoms with Crippen LogP contribution in [0.2, 0.25) is 0 Å². The van der Waals surface area contributed by atoms with Crippen LogP contribution in [0.1, 0.15) is 32.6 Å². The van der Waals surface area contributed by atoms with Gasteiger partial charge in [0.15, 0.2) is 0 Å². The van der Waals surface area contributed by atoms with Crippen molar-refractivity contribution >= 4 is 17.5 Å². The van der Waals surface area contributed by atoms with E-state index in [1.807, 2.05) is 0 Å². The quantitative estimate of drug-likeness (QED) is 0.630. The molecular weight excluding hydrogens is 356 g/mol. The average molecular weight is 380 g/mol. The van der Waals surface area contributed by atoms with Crippen molar-refractivity contribution in [3.8, 4) is 11.5 Å². The third kappa shape index (κ3) is 3.10. The van der Waals surface area contributed by atoms with E-state index in [1.54, 1.807) is 31.2 Å². The molecule has 0 radical (unpaired) electrons. The standard InChI is InChI=1S/C21H24N4O3/c1-11-16-9-14(21(16,3)4)10-17(11)23-19(27)18(26)22-15-7-5-6-13(8-15)20-25-24-12(2)28-20/h5-8,14,16-17H,1,9-10H2,2-4H3,(H,22,26)(H,23,27)/t14-,16+,17?/m1/s1. The second-order valence-electron chi connectivity index (χ2n) is 8.30. The van der Waals surface area contributed by atoms with Crippen LogP contribution in [0.4, 0.5) is 5.69 Å². The van der Waals surface area contributed by atoms with Crippen molar-refractivity contribution in [2.24, 2.45) is 17.3 Å². The van der Waals surface area contributed by atoms with E-state index < -0.39 is 11.8 Å². The van der Waals surface area contributed by atoms with Crippen molar-refractivity contribution in [2.45, 2.75) is 39.7 Å². The minimum Gasteiger partial charge on any atom is -0.421 e. The van der Waals surface area contributed by atoms with Gasteiger partial charge in [-0.05, 0) is 48.3 Å². The van der Waals surface area contributed by atoms with Gasteiger partial charge in [0.25, 0.3) is 0 Å². The maximum absolute atomic E-state index is 12.4. The number of hydrogen-bond donors (Lipinski definition) is 2. The maximum atomic E-state index is 12.4. The summed E-state index contributed by atoms with van der Waals surface area (Å²) in [6.07, 6.45) is 1.97. The van der Waals surface area contributed by atoms with Crippen LogP contribution in [-0.2, 0) is 9.59 Å². The molecule has 0 saturated heterocycles. The van der Waals surface area contributed by atoms with Gasteiger partial charge in [-0.3, -0.25) is 9.59 Å². The maximum Gasteiger partial charge on any atom is 0.313 e. The summed E-state index contributed by atoms with van der Waals surface area (Å²) in [7, 11) is 0. The van der Waals surface area contributed by atoms with Gasteiger partial charge in [-0.1, -0.05) is 32.1 Å². The van der Waals surface area contributed by atoms with Crippen LogP contribution in [-0.4, -0.2) is 28.1 Å². The number of carbonyl (C=O) groups is 2. The molecule has 3 saturated carbocycles. The lowest BCUT2D eigenvalue weighted by Gasteiger charge is -2.59. The molecule has 1 unspecified atom stereocenters. The Kier molecular flexibility index (Phi) is 4.33. The predicted molar refractivity (Wildman–Crippen MR) is 104 cm³/mol. The summed E-state index contributed by atoms with van der Waals surface area (Å²) < 4.78 is 5.40. The van der Waals surface area contributed by atoms with Gasteiger partial charge >= 0.3 is 11.8 Å². The average Bonchev–Trinajstić information content (AvgIpc) is 3.09. The number of carbonyl (C=O) groups excluding carboxylic acids is 2. The fourth-order valence-corrected chi connectivity index (χ4v) is 4.43. The Bertz CT molecular complexity index is 962. The summed E-state index contributed by atoms with van der Waals surface area (Å²) in [5.74, 6) is 0.436. The largest absolute Gasteiger partial charge is 0.421 e. The van der Waals surface area contributed by atoms with Crippen LogP contribution in [0.15, 0.2) is 40.8 Å². The fourth-order valence-electron chi connectivity index (χ4n) is 4.43. The Morgan fingerprint density at radius 2 is 2.00 bits per heavy atom. The molecule has 0 spiro atoms. The molecule has 1 aromatic heterocycles. The first kappa shape index (κ1) is 18.4. The normalized spacial score (nSPS) is 25.0. The lowest BCUT2D eigenvalue weighted by molar-refractivity contribution is -0.137. The summed E-state index contributed by atoms with van der Waals surface area (Å²) in [4.78, 5) is 24.8. The monoisotopic (exact) mass is 380 g/mol. The highest BCUT2D eigenvalue weighted by molar-refractivity contribution is 6.39. The summed E-state index contributed by atoms with van der Waals surface area (Å²) in [6.45, 7) is 10.4. The number of fused-ring (bicyclic) bond motifs is 2. The van der Waals surface area contributed by atoms with Crippen LogP contribution in [0, 0.1) is 24.2 Å². The van der Waals surface area contributed by atoms with Crippen LogP contribution in [0.25, 0.3) is 11.5 Å². The summed E-state index contributed by atoms with van der Waals surface area (Å²) >= 11 is 0. The number of nitrogens with zero attached hydrogens (tertiary/aromatic N) is 2. The molecule has 3 fully saturated rings. The number of hydrogen-bond acceptors (Lipinski definition) is 5. The smallest absolute Gasteiger partial charge is 0.313 e. The van der Waals surface area contributed by atoms with E-state index in [9.17, 15) is 9.59 Å². The Balaban J connectivity index is 1.39. The summed E-state index contributed by atoms with van der Waals surface area (Å²) in [5, 5.41) is 13.2. The van der Waals surface area contributed by atoms with Crippen molar-refractivity contribution < 1.29 is 14.0 Å². The molecule has 1 heterocycles. The number of rotatable bonds is 3. The lowest BCUT2D eigenvalue weighted by atomic mass is 9.46. The van der Waals surface area contributed by atoms with Gasteiger partial charge in [0.2, 0.25) is 11.8 Å². The Morgan fingerprint density at radius 1 is 1.21 bits per heavy atom. The van der Waals surface area contributed by atoms with Crippen molar-refractivity contribution in [1.82, 2.24) is 15.5 Å². The molecule has 2 aromatic rings. The van der Waals surface area contributed by atoms with Crippen LogP contribution >= 0.6 is 0 Å². The minimum atomic E-state index is -0.704. The van der Waals surface area contributed by atoms with Gasteiger partial charge in [-0.2, -0.15) is 0 Å². The van der Waals surface area contributed by atoms with Gasteiger partial charge in [0.1, 0.15) is 0 Å². The van der Waals surface area contributed by atoms with Crippen molar-refractivity contribution in [2.75, 3.05) is 5.32 Å². The second-order valence-corrected chi connectivity index (χ2v) is 8.30. The van der Waals surface area contributed by atoms with Crippen molar-refractivity contribution in [1.29, 1.82) is 0 Å². The SMILES string of the molecule is C=C1C(NC(=O)C(=O)Nc2cccc(-c3nnc(C)o3)c2)C[C@H]2C[C@@H]1C2(C)C. The molecule has 5 rings (SSSR count). The van der Waals surface area contributed by atoms with E-state index in [1.165, 1.54) is 0 Å². The van der Waals surface area contributed by atoms with E-state index >= 15 is 0 Å². The molecule has 3 atom stereocenters. The van der Waals surface area contributed by atoms with Gasteiger partial charge < -0.3 is 15.1 Å². The topological polar surface area (TPSA) is 97.1 Å². The molecule has 146 valence electrons. The number of anilines is 1. The lowest BCUT2D eigenvalue weighted by Crippen LogP contribution is -2.58. The summed E-state index contributed by atoms with van der Waals surface area (Å²) in [6, 6.07) is 6.80. The summed E-state index contributed by atoms with van der Waals surface area (Å²) in [5.41, 5.74) is 2.43. The predicted octanol–water partition coefficient (Wildman–Crippen LogP) is 3.09. The molecule has 1 aromatic carbocycles. The molecule has 3 aliphatic rings. The van der Waals surface area contributed by atoms with Gasteiger partial charge in [0.05, 0.1) is 6.04 Å². The van der Waals surface area contributed by atoms with E-state index in [0.29, 0.717) is 34.9 Å². The number of benzene rings is 1. The molecule has 3 aliphatic carbocycles. The number of amides is 2. The van der Waals surface area contributed by atoms with Crippen LogP contribution < -0.4 is 10.6 Å². The zero-order valence-corrected chi connectivity index (χ0v) is 16.3. The minimum absolute atomic E-state index is 0.136. The van der Waals surface area contributed by atoms with Gasteiger partial charge in [-0.15, -0.1) is 10.2 Å². The highest BCUT2D eigenvalue weighted by Gasteiger charge is 2.55. The fraction of sp³-hybridized carbons (Fsp3) is 0.429. The Labute approximate surface area is 163 Å². The first-order valence-corrected chi connectivity index (χ1v) is 9.46. The molecule has 7 heteroatoms. The highest BCUT2D eigenvalue weighted by Crippen LogP contribution is 2.60. The van der Waals surface area contributed by atoms with Crippen LogP contribution in [0.3, 0.4) is 0 Å². The molecule has 2 amide bonds. The zero-order chi connectivity index (χ0) is 20.1. The van der Waals surface area contributed by atoms with Gasteiger partial charge in [0, 0.05) is 18.2 Å². The molecular formula is C21H24N4O3. The van der Waals surface area contributed by atoms with E-state index in [0.717, 1.165) is 18.4 Å². The molecule has 2 bridgehead atoms. The van der Waals surface area contributed by atoms with E-state index in [4.69, 9.17) is 4.42 Å². The van der Waals surface area contributed by atoms with E-state index in [-0.39, 0.29) is 11.5 Å². The molecule has 7 nitrogen and oxygen atoms in total. The molecule has 28 heavy (non-hydrogen) atoms. The molecule has 0 aliphatic heterocycles. The Hall–Kier alpha value is -2.96. The zero-order valence-electron chi connectivity index (χ0n) is 16.3. The van der Waals surface area contributed by atoms with Crippen molar-refractivity contribution in [3.63, 3.8) is 0 Å².